The largest absolute Gasteiger partial charge is 0.422 e. The van der Waals surface area contributed by atoms with E-state index in [2.05, 4.69) is 15.5 Å². The molecule has 5 heteroatoms. The number of benzene rings is 3. The van der Waals surface area contributed by atoms with E-state index >= 15 is 0 Å². The van der Waals surface area contributed by atoms with Crippen LogP contribution in [0.25, 0.3) is 16.5 Å². The smallest absolute Gasteiger partial charge is 0.345 e. The minimum absolute atomic E-state index is 0.336. The summed E-state index contributed by atoms with van der Waals surface area (Å²) in [6.07, 6.45) is 0. The number of nitrogens with zero attached hydrogens (tertiary/aromatic N) is 4. The van der Waals surface area contributed by atoms with Gasteiger partial charge in [-0.15, -0.1) is 0 Å². The van der Waals surface area contributed by atoms with E-state index in [4.69, 9.17) is 4.74 Å². The Balaban J connectivity index is 1.77. The fourth-order valence-electron chi connectivity index (χ4n) is 2.36. The Kier molecular flexibility index (Phi) is 3.01. The molecule has 0 spiro atoms. The topological polar surface area (TPSA) is 52.8 Å². The van der Waals surface area contributed by atoms with Gasteiger partial charge < -0.3 is 4.74 Å². The van der Waals surface area contributed by atoms with Crippen molar-refractivity contribution < 1.29 is 4.74 Å². The molecule has 0 aliphatic rings. The monoisotopic (exact) mass is 288 g/mol. The molecule has 1 aromatic heterocycles. The number of hydrogen-bond acceptors (Lipinski definition) is 4. The quantitative estimate of drug-likeness (QED) is 0.578. The molecule has 0 fully saturated rings. The predicted octanol–water partition coefficient (Wildman–Crippen LogP) is 3.61. The van der Waals surface area contributed by atoms with Crippen molar-refractivity contribution in [2.45, 2.75) is 0 Å². The minimum Gasteiger partial charge on any atom is -0.422 e. The molecular weight excluding hydrogens is 276 g/mol. The zero-order valence-electron chi connectivity index (χ0n) is 11.6. The highest BCUT2D eigenvalue weighted by molar-refractivity contribution is 5.88. The molecule has 4 rings (SSSR count). The first-order valence-corrected chi connectivity index (χ1v) is 6.91. The van der Waals surface area contributed by atoms with Crippen molar-refractivity contribution in [1.82, 2.24) is 20.2 Å². The Morgan fingerprint density at radius 3 is 2.45 bits per heavy atom. The van der Waals surface area contributed by atoms with Crippen LogP contribution in [0.15, 0.2) is 72.8 Å². The van der Waals surface area contributed by atoms with Gasteiger partial charge in [0.2, 0.25) is 0 Å². The molecule has 0 unspecified atom stereocenters. The first kappa shape index (κ1) is 12.5. The summed E-state index contributed by atoms with van der Waals surface area (Å²) >= 11 is 0. The maximum Gasteiger partial charge on any atom is 0.345 e. The van der Waals surface area contributed by atoms with Crippen LogP contribution in [-0.2, 0) is 0 Å². The van der Waals surface area contributed by atoms with Crippen LogP contribution in [0.4, 0.5) is 0 Å². The Hall–Kier alpha value is -3.21. The second-order valence-corrected chi connectivity index (χ2v) is 4.79. The second kappa shape index (κ2) is 5.29. The summed E-state index contributed by atoms with van der Waals surface area (Å²) in [6, 6.07) is 23.9. The van der Waals surface area contributed by atoms with Gasteiger partial charge >= 0.3 is 6.01 Å². The van der Waals surface area contributed by atoms with Gasteiger partial charge in [-0.2, -0.15) is 4.68 Å². The number of para-hydroxylation sites is 1. The highest BCUT2D eigenvalue weighted by Gasteiger charge is 2.11. The summed E-state index contributed by atoms with van der Waals surface area (Å²) in [5, 5.41) is 13.8. The van der Waals surface area contributed by atoms with Crippen molar-refractivity contribution in [3.63, 3.8) is 0 Å². The third-order valence-corrected chi connectivity index (χ3v) is 3.39. The summed E-state index contributed by atoms with van der Waals surface area (Å²) < 4.78 is 7.52. The molecule has 3 aromatic carbocycles. The van der Waals surface area contributed by atoms with Crippen LogP contribution in [0, 0.1) is 0 Å². The van der Waals surface area contributed by atoms with Crippen molar-refractivity contribution in [3.05, 3.63) is 72.8 Å². The van der Waals surface area contributed by atoms with Gasteiger partial charge in [-0.1, -0.05) is 59.7 Å². The van der Waals surface area contributed by atoms with Crippen molar-refractivity contribution >= 4 is 10.8 Å². The van der Waals surface area contributed by atoms with Crippen LogP contribution in [-0.4, -0.2) is 20.2 Å². The molecule has 4 aromatic rings. The molecule has 0 saturated carbocycles. The van der Waals surface area contributed by atoms with Crippen LogP contribution in [0.2, 0.25) is 0 Å². The van der Waals surface area contributed by atoms with Crippen molar-refractivity contribution in [2.24, 2.45) is 0 Å². The lowest BCUT2D eigenvalue weighted by molar-refractivity contribution is 0.432. The van der Waals surface area contributed by atoms with Crippen molar-refractivity contribution in [2.75, 3.05) is 0 Å². The molecule has 0 bridgehead atoms. The fourth-order valence-corrected chi connectivity index (χ4v) is 2.36. The van der Waals surface area contributed by atoms with E-state index in [1.165, 1.54) is 0 Å². The molecule has 0 aliphatic carbocycles. The number of aromatic nitrogens is 4. The van der Waals surface area contributed by atoms with Gasteiger partial charge in [0, 0.05) is 5.39 Å². The lowest BCUT2D eigenvalue weighted by Crippen LogP contribution is -2.00. The molecule has 0 amide bonds. The van der Waals surface area contributed by atoms with E-state index < -0.39 is 0 Å². The van der Waals surface area contributed by atoms with E-state index in [1.807, 2.05) is 72.8 Å². The molecule has 0 saturated heterocycles. The second-order valence-electron chi connectivity index (χ2n) is 4.79. The van der Waals surface area contributed by atoms with Gasteiger partial charge in [-0.25, -0.2) is 0 Å². The summed E-state index contributed by atoms with van der Waals surface area (Å²) in [5.74, 6) is 0.727. The van der Waals surface area contributed by atoms with E-state index in [1.54, 1.807) is 4.68 Å². The molecule has 0 atom stereocenters. The average Bonchev–Trinajstić information content (AvgIpc) is 3.04. The Bertz CT molecular complexity index is 913. The van der Waals surface area contributed by atoms with Crippen LogP contribution >= 0.6 is 0 Å². The van der Waals surface area contributed by atoms with Crippen LogP contribution in [0.1, 0.15) is 0 Å². The predicted molar refractivity (Wildman–Crippen MR) is 83.2 cm³/mol. The molecule has 1 heterocycles. The van der Waals surface area contributed by atoms with Gasteiger partial charge in [-0.3, -0.25) is 0 Å². The summed E-state index contributed by atoms with van der Waals surface area (Å²) in [5.41, 5.74) is 0.850. The number of tetrazole rings is 1. The first-order chi connectivity index (χ1) is 10.9. The van der Waals surface area contributed by atoms with E-state index in [0.717, 1.165) is 22.2 Å². The normalized spacial score (nSPS) is 10.7. The van der Waals surface area contributed by atoms with Gasteiger partial charge in [0.05, 0.1) is 5.69 Å². The third kappa shape index (κ3) is 2.18. The minimum atomic E-state index is 0.336. The molecular formula is C17H12N4O. The van der Waals surface area contributed by atoms with Crippen LogP contribution in [0.5, 0.6) is 11.8 Å². The molecule has 22 heavy (non-hydrogen) atoms. The van der Waals surface area contributed by atoms with Gasteiger partial charge in [-0.05, 0) is 34.0 Å². The number of fused-ring (bicyclic) bond motifs is 1. The first-order valence-electron chi connectivity index (χ1n) is 6.91. The highest BCUT2D eigenvalue weighted by Crippen LogP contribution is 2.29. The standard InChI is InChI=1S/C17H12N4O/c1-2-9-14(10-3-1)21-17(18-19-20-21)22-16-12-6-8-13-7-4-5-11-15(13)16/h1-12H. The summed E-state index contributed by atoms with van der Waals surface area (Å²) in [6.45, 7) is 0. The Morgan fingerprint density at radius 1 is 0.773 bits per heavy atom. The van der Waals surface area contributed by atoms with Crippen molar-refractivity contribution in [3.8, 4) is 17.4 Å². The van der Waals surface area contributed by atoms with Gasteiger partial charge in [0.15, 0.2) is 0 Å². The molecule has 0 aliphatic heterocycles. The maximum absolute atomic E-state index is 5.94. The zero-order valence-corrected chi connectivity index (χ0v) is 11.6. The molecule has 0 N–H and O–H groups in total. The fraction of sp³-hybridized carbons (Fsp3) is 0. The zero-order chi connectivity index (χ0) is 14.8. The van der Waals surface area contributed by atoms with Gasteiger partial charge in [0.25, 0.3) is 0 Å². The summed E-state index contributed by atoms with van der Waals surface area (Å²) in [4.78, 5) is 0. The SMILES string of the molecule is c1ccc(-n2nnnc2Oc2cccc3ccccc23)cc1. The number of ether oxygens (including phenoxy) is 1. The van der Waals surface area contributed by atoms with Crippen LogP contribution in [0.3, 0.4) is 0 Å². The lowest BCUT2D eigenvalue weighted by atomic mass is 10.1. The van der Waals surface area contributed by atoms with E-state index in [9.17, 15) is 0 Å². The van der Waals surface area contributed by atoms with E-state index in [-0.39, 0.29) is 0 Å². The number of rotatable bonds is 3. The Labute approximate surface area is 126 Å². The van der Waals surface area contributed by atoms with Crippen molar-refractivity contribution in [1.29, 1.82) is 0 Å². The summed E-state index contributed by atoms with van der Waals surface area (Å²) in [7, 11) is 0. The number of hydrogen-bond donors (Lipinski definition) is 0. The third-order valence-electron chi connectivity index (χ3n) is 3.39. The average molecular weight is 288 g/mol. The molecule has 5 nitrogen and oxygen atoms in total. The maximum atomic E-state index is 5.94. The lowest BCUT2D eigenvalue weighted by Gasteiger charge is -2.08. The highest BCUT2D eigenvalue weighted by atomic mass is 16.5. The van der Waals surface area contributed by atoms with Gasteiger partial charge in [0.1, 0.15) is 5.75 Å². The van der Waals surface area contributed by atoms with Crippen LogP contribution < -0.4 is 4.74 Å². The molecule has 0 radical (unpaired) electrons. The Morgan fingerprint density at radius 2 is 1.55 bits per heavy atom. The van der Waals surface area contributed by atoms with E-state index in [0.29, 0.717) is 6.01 Å². The molecule has 106 valence electrons.